The van der Waals surface area contributed by atoms with E-state index in [0.29, 0.717) is 5.92 Å². The van der Waals surface area contributed by atoms with E-state index in [-0.39, 0.29) is 0 Å². The molecule has 0 amide bonds. The van der Waals surface area contributed by atoms with E-state index in [1.54, 1.807) is 0 Å². The molecule has 0 fully saturated rings. The number of benzene rings is 1. The molecule has 0 atom stereocenters. The standard InChI is InChI=1S/C19H23ClN4/c1-12(2)9-10-21-17-11-13(3)22-19-14(4)18(23-24(17)19)15-5-7-16(20)8-6-15/h5-8,11-12,21H,9-10H2,1-4H3. The third kappa shape index (κ3) is 3.39. The van der Waals surface area contributed by atoms with E-state index >= 15 is 0 Å². The van der Waals surface area contributed by atoms with Crippen LogP contribution >= 0.6 is 11.6 Å². The van der Waals surface area contributed by atoms with Gasteiger partial charge >= 0.3 is 0 Å². The molecule has 0 aliphatic heterocycles. The van der Waals surface area contributed by atoms with Gasteiger partial charge in [-0.15, -0.1) is 0 Å². The fraction of sp³-hybridized carbons (Fsp3) is 0.368. The Bertz CT molecular complexity index is 850. The van der Waals surface area contributed by atoms with Crippen molar-refractivity contribution < 1.29 is 0 Å². The number of halogens is 1. The van der Waals surface area contributed by atoms with Crippen LogP contribution in [0.5, 0.6) is 0 Å². The molecule has 4 nitrogen and oxygen atoms in total. The summed E-state index contributed by atoms with van der Waals surface area (Å²) in [6, 6.07) is 9.82. The van der Waals surface area contributed by atoms with Crippen LogP contribution in [0.3, 0.4) is 0 Å². The van der Waals surface area contributed by atoms with Crippen molar-refractivity contribution in [1.82, 2.24) is 14.6 Å². The zero-order valence-electron chi connectivity index (χ0n) is 14.6. The van der Waals surface area contributed by atoms with Gasteiger partial charge in [0.05, 0.1) is 5.69 Å². The van der Waals surface area contributed by atoms with Crippen LogP contribution in [-0.4, -0.2) is 21.1 Å². The lowest BCUT2D eigenvalue weighted by Gasteiger charge is -2.10. The van der Waals surface area contributed by atoms with E-state index in [1.807, 2.05) is 41.8 Å². The number of hydrogen-bond donors (Lipinski definition) is 1. The fourth-order valence-corrected chi connectivity index (χ4v) is 2.87. The minimum absolute atomic E-state index is 0.667. The molecule has 2 heterocycles. The van der Waals surface area contributed by atoms with Gasteiger partial charge in [-0.05, 0) is 38.3 Å². The van der Waals surface area contributed by atoms with Crippen molar-refractivity contribution in [1.29, 1.82) is 0 Å². The van der Waals surface area contributed by atoms with Gasteiger partial charge in [0.2, 0.25) is 0 Å². The van der Waals surface area contributed by atoms with E-state index in [1.165, 1.54) is 0 Å². The van der Waals surface area contributed by atoms with Crippen LogP contribution in [0.1, 0.15) is 31.5 Å². The third-order valence-corrected chi connectivity index (χ3v) is 4.34. The maximum absolute atomic E-state index is 6.00. The van der Waals surface area contributed by atoms with Gasteiger partial charge < -0.3 is 5.32 Å². The minimum Gasteiger partial charge on any atom is -0.370 e. The molecule has 1 aromatic carbocycles. The molecule has 2 aromatic heterocycles. The molecule has 126 valence electrons. The molecule has 0 bridgehead atoms. The van der Waals surface area contributed by atoms with Crippen molar-refractivity contribution in [3.8, 4) is 11.3 Å². The lowest BCUT2D eigenvalue weighted by Crippen LogP contribution is -2.10. The van der Waals surface area contributed by atoms with E-state index < -0.39 is 0 Å². The summed E-state index contributed by atoms with van der Waals surface area (Å²) >= 11 is 6.00. The zero-order chi connectivity index (χ0) is 17.3. The molecule has 0 saturated heterocycles. The molecule has 24 heavy (non-hydrogen) atoms. The number of rotatable bonds is 5. The summed E-state index contributed by atoms with van der Waals surface area (Å²) in [5, 5.41) is 9.03. The lowest BCUT2D eigenvalue weighted by molar-refractivity contribution is 0.606. The van der Waals surface area contributed by atoms with Crippen LogP contribution in [0.2, 0.25) is 5.02 Å². The summed E-state index contributed by atoms with van der Waals surface area (Å²) < 4.78 is 1.91. The van der Waals surface area contributed by atoms with E-state index in [2.05, 4.69) is 31.1 Å². The summed E-state index contributed by atoms with van der Waals surface area (Å²) in [4.78, 5) is 4.68. The van der Waals surface area contributed by atoms with Gasteiger partial charge in [-0.3, -0.25) is 0 Å². The minimum atomic E-state index is 0.667. The molecule has 0 aliphatic carbocycles. The molecule has 0 radical (unpaired) electrons. The Labute approximate surface area is 147 Å². The van der Waals surface area contributed by atoms with Gasteiger partial charge in [-0.25, -0.2) is 4.98 Å². The van der Waals surface area contributed by atoms with Gasteiger partial charge in [-0.2, -0.15) is 9.61 Å². The normalized spacial score (nSPS) is 11.4. The monoisotopic (exact) mass is 342 g/mol. The van der Waals surface area contributed by atoms with Crippen molar-refractivity contribution in [3.63, 3.8) is 0 Å². The second-order valence-electron chi connectivity index (χ2n) is 6.61. The first kappa shape index (κ1) is 16.8. The van der Waals surface area contributed by atoms with E-state index in [9.17, 15) is 0 Å². The Hall–Kier alpha value is -2.07. The van der Waals surface area contributed by atoms with E-state index in [0.717, 1.165) is 52.0 Å². The third-order valence-electron chi connectivity index (χ3n) is 4.09. The quantitative estimate of drug-likeness (QED) is 0.699. The Kier molecular flexibility index (Phi) is 4.76. The molecule has 3 rings (SSSR count). The molecular formula is C19H23ClN4. The van der Waals surface area contributed by atoms with Crippen LogP contribution in [0.4, 0.5) is 5.82 Å². The summed E-state index contributed by atoms with van der Waals surface area (Å²) in [6.45, 7) is 9.46. The van der Waals surface area contributed by atoms with Crippen LogP contribution < -0.4 is 5.32 Å². The number of anilines is 1. The van der Waals surface area contributed by atoms with E-state index in [4.69, 9.17) is 16.7 Å². The maximum atomic E-state index is 6.00. The average Bonchev–Trinajstić information content (AvgIpc) is 2.85. The number of hydrogen-bond acceptors (Lipinski definition) is 3. The van der Waals surface area contributed by atoms with Crippen LogP contribution in [0.15, 0.2) is 30.3 Å². The molecular weight excluding hydrogens is 320 g/mol. The molecule has 5 heteroatoms. The van der Waals surface area contributed by atoms with Gasteiger partial charge in [-0.1, -0.05) is 37.6 Å². The number of fused-ring (bicyclic) bond motifs is 1. The predicted molar refractivity (Wildman–Crippen MR) is 101 cm³/mol. The molecule has 3 aromatic rings. The highest BCUT2D eigenvalue weighted by Crippen LogP contribution is 2.27. The molecule has 1 N–H and O–H groups in total. The topological polar surface area (TPSA) is 42.2 Å². The van der Waals surface area contributed by atoms with Gasteiger partial charge in [0, 0.05) is 34.5 Å². The number of aromatic nitrogens is 3. The SMILES string of the molecule is Cc1cc(NCCC(C)C)n2nc(-c3ccc(Cl)cc3)c(C)c2n1. The number of nitrogens with one attached hydrogen (secondary N) is 1. The zero-order valence-corrected chi connectivity index (χ0v) is 15.4. The van der Waals surface area contributed by atoms with Crippen molar-refractivity contribution in [2.75, 3.05) is 11.9 Å². The fourth-order valence-electron chi connectivity index (χ4n) is 2.74. The number of nitrogens with zero attached hydrogens (tertiary/aromatic N) is 3. The first-order valence-electron chi connectivity index (χ1n) is 8.32. The summed E-state index contributed by atoms with van der Waals surface area (Å²) in [7, 11) is 0. The first-order chi connectivity index (χ1) is 11.5. The van der Waals surface area contributed by atoms with Gasteiger partial charge in [0.15, 0.2) is 5.65 Å². The molecule has 0 unspecified atom stereocenters. The highest BCUT2D eigenvalue weighted by Gasteiger charge is 2.15. The Balaban J connectivity index is 2.04. The van der Waals surface area contributed by atoms with Crippen LogP contribution in [0.25, 0.3) is 16.9 Å². The summed E-state index contributed by atoms with van der Waals surface area (Å²) in [5.74, 6) is 1.65. The smallest absolute Gasteiger partial charge is 0.161 e. The van der Waals surface area contributed by atoms with Crippen LogP contribution in [0, 0.1) is 19.8 Å². The first-order valence-corrected chi connectivity index (χ1v) is 8.70. The predicted octanol–water partition coefficient (Wildman–Crippen LogP) is 5.12. The van der Waals surface area contributed by atoms with Crippen molar-refractivity contribution in [3.05, 3.63) is 46.6 Å². The highest BCUT2D eigenvalue weighted by molar-refractivity contribution is 6.30. The van der Waals surface area contributed by atoms with Gasteiger partial charge in [0.25, 0.3) is 0 Å². The van der Waals surface area contributed by atoms with Crippen LogP contribution in [-0.2, 0) is 0 Å². The van der Waals surface area contributed by atoms with Crippen molar-refractivity contribution in [2.24, 2.45) is 5.92 Å². The molecule has 0 saturated carbocycles. The summed E-state index contributed by atoms with van der Waals surface area (Å²) in [5.41, 5.74) is 4.95. The summed E-state index contributed by atoms with van der Waals surface area (Å²) in [6.07, 6.45) is 1.12. The number of aryl methyl sites for hydroxylation is 2. The largest absolute Gasteiger partial charge is 0.370 e. The van der Waals surface area contributed by atoms with Gasteiger partial charge in [0.1, 0.15) is 5.82 Å². The second-order valence-corrected chi connectivity index (χ2v) is 7.04. The maximum Gasteiger partial charge on any atom is 0.161 e. The second kappa shape index (κ2) is 6.81. The highest BCUT2D eigenvalue weighted by atomic mass is 35.5. The average molecular weight is 343 g/mol. The Morgan fingerprint density at radius 2 is 1.88 bits per heavy atom. The molecule has 0 spiro atoms. The Morgan fingerprint density at radius 1 is 1.17 bits per heavy atom. The molecule has 0 aliphatic rings. The lowest BCUT2D eigenvalue weighted by atomic mass is 10.1. The Morgan fingerprint density at radius 3 is 2.54 bits per heavy atom. The van der Waals surface area contributed by atoms with Crippen molar-refractivity contribution >= 4 is 23.1 Å². The van der Waals surface area contributed by atoms with Crippen molar-refractivity contribution in [2.45, 2.75) is 34.1 Å².